The number of hydrogen-bond donors (Lipinski definition) is 1. The molecule has 0 fully saturated rings. The molecule has 0 spiro atoms. The van der Waals surface area contributed by atoms with Crippen LogP contribution in [0.5, 0.6) is 0 Å². The maximum absolute atomic E-state index is 12.5. The minimum atomic E-state index is -4.29. The number of thioether (sulfide) groups is 1. The molecule has 1 aromatic carbocycles. The second kappa shape index (κ2) is 23.4. The molecule has 0 bridgehead atoms. The number of thiazole rings is 1. The number of carbonyl (C=O) groups is 1. The Hall–Kier alpha value is -2.32. The van der Waals surface area contributed by atoms with Crippen LogP contribution in [0.1, 0.15) is 96.7 Å². The van der Waals surface area contributed by atoms with Crippen molar-refractivity contribution in [3.8, 4) is 10.6 Å². The predicted molar refractivity (Wildman–Crippen MR) is 170 cm³/mol. The van der Waals surface area contributed by atoms with Gasteiger partial charge in [0.2, 0.25) is 0 Å². The largest absolute Gasteiger partial charge is 0.483 e. The van der Waals surface area contributed by atoms with Gasteiger partial charge in [-0.3, -0.25) is 4.79 Å². The Kier molecular flexibility index (Phi) is 23.3. The van der Waals surface area contributed by atoms with Gasteiger partial charge >= 0.3 is 6.18 Å². The van der Waals surface area contributed by atoms with E-state index in [1.54, 1.807) is 16.9 Å². The Balaban J connectivity index is 0. The summed E-state index contributed by atoms with van der Waals surface area (Å²) in [6, 6.07) is 5.22. The van der Waals surface area contributed by atoms with E-state index < -0.39 is 11.7 Å². The van der Waals surface area contributed by atoms with Crippen LogP contribution in [0.3, 0.4) is 0 Å². The molecule has 0 saturated heterocycles. The van der Waals surface area contributed by atoms with Crippen molar-refractivity contribution >= 4 is 29.6 Å². The Morgan fingerprint density at radius 3 is 2.00 bits per heavy atom. The van der Waals surface area contributed by atoms with Gasteiger partial charge in [0.25, 0.3) is 6.47 Å². The van der Waals surface area contributed by atoms with Crippen molar-refractivity contribution in [2.75, 3.05) is 5.75 Å². The van der Waals surface area contributed by atoms with Gasteiger partial charge < -0.3 is 5.11 Å². The number of nitrogens with zero attached hydrogens (tertiary/aromatic N) is 1. The lowest BCUT2D eigenvalue weighted by molar-refractivity contribution is -0.137. The van der Waals surface area contributed by atoms with E-state index in [1.807, 2.05) is 18.7 Å². The SMILES string of the molecule is C=C.CCC/C(CC)=C(C)/C=C(\CC)SCC.CCCc1sc(-c2ccc(C(F)(F)F)cc2)nc1CC.O=CO. The van der Waals surface area contributed by atoms with Crippen LogP contribution in [0.4, 0.5) is 13.2 Å². The van der Waals surface area contributed by atoms with Crippen molar-refractivity contribution in [3.63, 3.8) is 0 Å². The molecule has 0 saturated carbocycles. The first-order valence-corrected chi connectivity index (χ1v) is 15.6. The van der Waals surface area contributed by atoms with Crippen LogP contribution < -0.4 is 0 Å². The summed E-state index contributed by atoms with van der Waals surface area (Å²) in [7, 11) is 0. The highest BCUT2D eigenvalue weighted by Gasteiger charge is 2.30. The topological polar surface area (TPSA) is 50.2 Å². The molecule has 0 radical (unpaired) electrons. The summed E-state index contributed by atoms with van der Waals surface area (Å²) < 4.78 is 37.6. The molecule has 226 valence electrons. The van der Waals surface area contributed by atoms with Gasteiger partial charge in [-0.25, -0.2) is 4.98 Å². The van der Waals surface area contributed by atoms with Crippen LogP contribution in [0.25, 0.3) is 10.6 Å². The summed E-state index contributed by atoms with van der Waals surface area (Å²) in [6.45, 7) is 21.2. The molecule has 0 aliphatic heterocycles. The second-order valence-electron chi connectivity index (χ2n) is 8.46. The van der Waals surface area contributed by atoms with Crippen molar-refractivity contribution in [3.05, 3.63) is 75.7 Å². The van der Waals surface area contributed by atoms with Gasteiger partial charge in [-0.2, -0.15) is 13.2 Å². The summed E-state index contributed by atoms with van der Waals surface area (Å²) in [4.78, 5) is 15.7. The molecule has 0 atom stereocenters. The molecular weight excluding hydrogens is 551 g/mol. The van der Waals surface area contributed by atoms with Gasteiger partial charge in [0.1, 0.15) is 5.01 Å². The van der Waals surface area contributed by atoms with E-state index >= 15 is 0 Å². The Bertz CT molecular complexity index is 1010. The first-order chi connectivity index (χ1) is 19.1. The summed E-state index contributed by atoms with van der Waals surface area (Å²) >= 11 is 3.56. The fourth-order valence-electron chi connectivity index (χ4n) is 3.74. The van der Waals surface area contributed by atoms with Crippen LogP contribution in [0, 0.1) is 0 Å². The van der Waals surface area contributed by atoms with Gasteiger partial charge in [0.15, 0.2) is 0 Å². The number of alkyl halides is 3. The van der Waals surface area contributed by atoms with Gasteiger partial charge in [0.05, 0.1) is 11.3 Å². The third-order valence-corrected chi connectivity index (χ3v) is 7.91. The molecule has 2 rings (SSSR count). The molecule has 1 aromatic heterocycles. The molecule has 0 amide bonds. The summed E-state index contributed by atoms with van der Waals surface area (Å²) in [5.74, 6) is 1.18. The second-order valence-corrected chi connectivity index (χ2v) is 10.9. The minimum Gasteiger partial charge on any atom is -0.483 e. The zero-order valence-corrected chi connectivity index (χ0v) is 26.9. The lowest BCUT2D eigenvalue weighted by Gasteiger charge is -2.08. The van der Waals surface area contributed by atoms with E-state index in [0.29, 0.717) is 0 Å². The maximum Gasteiger partial charge on any atom is 0.416 e. The highest BCUT2D eigenvalue weighted by Crippen LogP contribution is 2.33. The van der Waals surface area contributed by atoms with E-state index in [9.17, 15) is 13.2 Å². The third-order valence-electron chi connectivity index (χ3n) is 5.64. The fourth-order valence-corrected chi connectivity index (χ4v) is 5.83. The van der Waals surface area contributed by atoms with Crippen LogP contribution in [-0.2, 0) is 23.8 Å². The Labute approximate surface area is 248 Å². The molecule has 1 N–H and O–H groups in total. The van der Waals surface area contributed by atoms with E-state index in [0.717, 1.165) is 47.7 Å². The maximum atomic E-state index is 12.5. The summed E-state index contributed by atoms with van der Waals surface area (Å²) in [5.41, 5.74) is 4.31. The smallest absolute Gasteiger partial charge is 0.416 e. The van der Waals surface area contributed by atoms with Crippen LogP contribution >= 0.6 is 23.1 Å². The van der Waals surface area contributed by atoms with Crippen molar-refractivity contribution in [2.24, 2.45) is 0 Å². The lowest BCUT2D eigenvalue weighted by atomic mass is 10.0. The number of hydrogen-bond acceptors (Lipinski definition) is 4. The average Bonchev–Trinajstić information content (AvgIpc) is 3.36. The number of benzene rings is 1. The normalized spacial score (nSPS) is 11.6. The first kappa shape index (κ1) is 39.8. The summed E-state index contributed by atoms with van der Waals surface area (Å²) in [6.07, 6.45) is 5.86. The monoisotopic (exact) mass is 599 g/mol. The third kappa shape index (κ3) is 15.5. The molecular formula is C32H48F3NO2S2. The van der Waals surface area contributed by atoms with Gasteiger partial charge in [-0.1, -0.05) is 77.7 Å². The van der Waals surface area contributed by atoms with Crippen molar-refractivity contribution in [1.29, 1.82) is 0 Å². The van der Waals surface area contributed by atoms with E-state index in [4.69, 9.17) is 9.90 Å². The van der Waals surface area contributed by atoms with E-state index in [-0.39, 0.29) is 6.47 Å². The number of aromatic nitrogens is 1. The Morgan fingerprint density at radius 2 is 1.60 bits per heavy atom. The fraction of sp³-hybridized carbons (Fsp3) is 0.500. The molecule has 40 heavy (non-hydrogen) atoms. The van der Waals surface area contributed by atoms with Gasteiger partial charge in [0, 0.05) is 10.4 Å². The highest BCUT2D eigenvalue weighted by atomic mass is 32.2. The number of aryl methyl sites for hydroxylation is 2. The van der Waals surface area contributed by atoms with Crippen molar-refractivity contribution < 1.29 is 23.1 Å². The van der Waals surface area contributed by atoms with Crippen LogP contribution in [0.15, 0.2) is 59.6 Å². The van der Waals surface area contributed by atoms with Crippen molar-refractivity contribution in [2.45, 2.75) is 99.6 Å². The molecule has 3 nitrogen and oxygen atoms in total. The van der Waals surface area contributed by atoms with Crippen molar-refractivity contribution in [1.82, 2.24) is 4.98 Å². The summed E-state index contributed by atoms with van der Waals surface area (Å²) in [5, 5.41) is 7.69. The lowest BCUT2D eigenvalue weighted by Crippen LogP contribution is -2.03. The van der Waals surface area contributed by atoms with Gasteiger partial charge in [-0.05, 0) is 67.9 Å². The zero-order valence-electron chi connectivity index (χ0n) is 25.3. The predicted octanol–water partition coefficient (Wildman–Crippen LogP) is 11.4. The first-order valence-electron chi connectivity index (χ1n) is 13.8. The number of rotatable bonds is 11. The Morgan fingerprint density at radius 1 is 1.02 bits per heavy atom. The molecule has 8 heteroatoms. The zero-order chi connectivity index (χ0) is 31.1. The van der Waals surface area contributed by atoms with Crippen LogP contribution in [-0.4, -0.2) is 22.3 Å². The number of allylic oxidation sites excluding steroid dienone is 4. The quantitative estimate of drug-likeness (QED) is 0.159. The van der Waals surface area contributed by atoms with E-state index in [2.05, 4.69) is 65.8 Å². The average molecular weight is 600 g/mol. The molecule has 0 unspecified atom stereocenters. The molecule has 2 aromatic rings. The van der Waals surface area contributed by atoms with E-state index in [1.165, 1.54) is 58.9 Å². The molecule has 1 heterocycles. The van der Waals surface area contributed by atoms with Crippen LogP contribution in [0.2, 0.25) is 0 Å². The standard InChI is InChI=1S/C15H16F3NS.C14H26S.C2H4.CH2O2/c1-3-5-13-12(4-2)19-14(20-13)10-6-8-11(9-7-10)15(16,17)18;1-6-10-13(7-2)12(5)11-14(8-3)15-9-4;1-2;2-1-3/h6-9H,3-5H2,1-2H3;11H,6-10H2,1-5H3;1-2H2;1H,(H,2,3)/b;13-12+,14-11+;;. The minimum absolute atomic E-state index is 0.250. The van der Waals surface area contributed by atoms with Gasteiger partial charge in [-0.15, -0.1) is 36.3 Å². The molecule has 0 aliphatic carbocycles. The molecule has 0 aliphatic rings. The number of carboxylic acid groups (broad SMARTS) is 1. The number of halogens is 3. The highest BCUT2D eigenvalue weighted by molar-refractivity contribution is 8.03.